The lowest BCUT2D eigenvalue weighted by Gasteiger charge is -2.08. The molecule has 2 amide bonds. The summed E-state index contributed by atoms with van der Waals surface area (Å²) < 4.78 is 5.91. The van der Waals surface area contributed by atoms with Gasteiger partial charge in [-0.2, -0.15) is 0 Å². The molecule has 0 radical (unpaired) electrons. The first-order valence-corrected chi connectivity index (χ1v) is 7.41. The Morgan fingerprint density at radius 3 is 2.70 bits per heavy atom. The van der Waals surface area contributed by atoms with Crippen LogP contribution in [0.4, 0.5) is 4.79 Å². The Morgan fingerprint density at radius 2 is 2.15 bits per heavy atom. The van der Waals surface area contributed by atoms with Gasteiger partial charge in [-0.05, 0) is 42.5 Å². The van der Waals surface area contributed by atoms with Gasteiger partial charge in [-0.3, -0.25) is 14.5 Å². The van der Waals surface area contributed by atoms with Gasteiger partial charge in [0.1, 0.15) is 0 Å². The fourth-order valence-corrected chi connectivity index (χ4v) is 2.89. The Balaban J connectivity index is 2.41. The summed E-state index contributed by atoms with van der Waals surface area (Å²) in [6.45, 7) is 2.23. The maximum Gasteiger partial charge on any atom is 0.293 e. The number of phenolic OH excluding ortho intramolecular Hbond substituents is 1. The van der Waals surface area contributed by atoms with E-state index in [2.05, 4.69) is 15.9 Å². The number of amides is 2. The number of benzene rings is 1. The third-order valence-electron chi connectivity index (χ3n) is 2.65. The second kappa shape index (κ2) is 5.88. The predicted molar refractivity (Wildman–Crippen MR) is 80.7 cm³/mol. The van der Waals surface area contributed by atoms with Gasteiger partial charge in [-0.15, -0.1) is 0 Å². The van der Waals surface area contributed by atoms with Crippen molar-refractivity contribution in [1.29, 1.82) is 0 Å². The van der Waals surface area contributed by atoms with Crippen molar-refractivity contribution in [3.8, 4) is 11.5 Å². The first kappa shape index (κ1) is 14.9. The van der Waals surface area contributed by atoms with E-state index in [4.69, 9.17) is 4.74 Å². The highest BCUT2D eigenvalue weighted by Gasteiger charge is 2.31. The summed E-state index contributed by atoms with van der Waals surface area (Å²) in [5, 5.41) is 9.43. The SMILES string of the molecule is CCOc1cc(/C=C2/SC(=O)N(C)C2=O)c(Br)cc1O. The van der Waals surface area contributed by atoms with Crippen LogP contribution in [-0.2, 0) is 4.79 Å². The van der Waals surface area contributed by atoms with Gasteiger partial charge < -0.3 is 9.84 Å². The van der Waals surface area contributed by atoms with Crippen molar-refractivity contribution < 1.29 is 19.4 Å². The molecule has 0 unspecified atom stereocenters. The largest absolute Gasteiger partial charge is 0.504 e. The average molecular weight is 358 g/mol. The Hall–Kier alpha value is -1.47. The van der Waals surface area contributed by atoms with Crippen LogP contribution >= 0.6 is 27.7 Å². The van der Waals surface area contributed by atoms with Crippen LogP contribution in [0.5, 0.6) is 11.5 Å². The molecule has 0 spiro atoms. The maximum atomic E-state index is 11.8. The summed E-state index contributed by atoms with van der Waals surface area (Å²) in [7, 11) is 1.44. The van der Waals surface area contributed by atoms with Crippen LogP contribution in [-0.4, -0.2) is 34.8 Å². The van der Waals surface area contributed by atoms with Gasteiger partial charge in [0.2, 0.25) is 0 Å². The van der Waals surface area contributed by atoms with Crippen LogP contribution in [0.1, 0.15) is 12.5 Å². The molecular formula is C13H12BrNO4S. The maximum absolute atomic E-state index is 11.8. The van der Waals surface area contributed by atoms with Gasteiger partial charge in [0, 0.05) is 11.5 Å². The number of carbonyl (C=O) groups is 2. The fraction of sp³-hybridized carbons (Fsp3) is 0.231. The third kappa shape index (κ3) is 2.83. The molecule has 1 aromatic carbocycles. The molecule has 0 saturated carbocycles. The van der Waals surface area contributed by atoms with Gasteiger partial charge in [0.15, 0.2) is 11.5 Å². The third-order valence-corrected chi connectivity index (χ3v) is 4.30. The van der Waals surface area contributed by atoms with E-state index in [1.54, 1.807) is 12.1 Å². The van der Waals surface area contributed by atoms with E-state index >= 15 is 0 Å². The molecule has 0 aliphatic carbocycles. The lowest BCUT2D eigenvalue weighted by Crippen LogP contribution is -2.22. The van der Waals surface area contributed by atoms with Crippen molar-refractivity contribution in [2.45, 2.75) is 6.92 Å². The standard InChI is InChI=1S/C13H12BrNO4S/c1-3-19-10-4-7(8(14)6-9(10)16)5-11-12(17)15(2)13(18)20-11/h4-6,16H,3H2,1-2H3/b11-5+. The average Bonchev–Trinajstić information content (AvgIpc) is 2.63. The Morgan fingerprint density at radius 1 is 1.45 bits per heavy atom. The zero-order valence-electron chi connectivity index (χ0n) is 10.8. The first-order valence-electron chi connectivity index (χ1n) is 5.81. The molecule has 0 aromatic heterocycles. The van der Waals surface area contributed by atoms with Gasteiger partial charge in [0.25, 0.3) is 11.1 Å². The van der Waals surface area contributed by atoms with Crippen molar-refractivity contribution in [3.63, 3.8) is 0 Å². The van der Waals surface area contributed by atoms with Crippen molar-refractivity contribution in [1.82, 2.24) is 4.90 Å². The summed E-state index contributed by atoms with van der Waals surface area (Å²) in [6, 6.07) is 3.11. The normalized spacial score (nSPS) is 17.1. The molecule has 1 heterocycles. The van der Waals surface area contributed by atoms with Crippen LogP contribution in [0.15, 0.2) is 21.5 Å². The number of rotatable bonds is 3. The predicted octanol–water partition coefficient (Wildman–Crippen LogP) is 3.22. The molecule has 106 valence electrons. The van der Waals surface area contributed by atoms with E-state index in [1.807, 2.05) is 6.92 Å². The monoisotopic (exact) mass is 357 g/mol. The van der Waals surface area contributed by atoms with Crippen molar-refractivity contribution in [2.75, 3.05) is 13.7 Å². The number of likely N-dealkylation sites (N-methyl/N-ethyl adjacent to an activating group) is 1. The number of halogens is 1. The Kier molecular flexibility index (Phi) is 4.39. The molecule has 1 saturated heterocycles. The van der Waals surface area contributed by atoms with Crippen LogP contribution in [0.3, 0.4) is 0 Å². The molecule has 1 aliphatic rings. The van der Waals surface area contributed by atoms with Gasteiger partial charge in [-0.25, -0.2) is 0 Å². The van der Waals surface area contributed by atoms with E-state index in [0.29, 0.717) is 27.3 Å². The number of aromatic hydroxyl groups is 1. The van der Waals surface area contributed by atoms with Crippen molar-refractivity contribution >= 4 is 44.9 Å². The molecular weight excluding hydrogens is 346 g/mol. The Bertz CT molecular complexity index is 615. The zero-order valence-corrected chi connectivity index (χ0v) is 13.2. The van der Waals surface area contributed by atoms with E-state index in [-0.39, 0.29) is 16.9 Å². The lowest BCUT2D eigenvalue weighted by molar-refractivity contribution is -0.121. The molecule has 20 heavy (non-hydrogen) atoms. The number of ether oxygens (including phenoxy) is 1. The quantitative estimate of drug-likeness (QED) is 0.841. The van der Waals surface area contributed by atoms with Crippen LogP contribution in [0, 0.1) is 0 Å². The molecule has 1 aromatic rings. The van der Waals surface area contributed by atoms with Gasteiger partial charge in [0.05, 0.1) is 11.5 Å². The first-order chi connectivity index (χ1) is 9.43. The van der Waals surface area contributed by atoms with Crippen molar-refractivity contribution in [3.05, 3.63) is 27.1 Å². The van der Waals surface area contributed by atoms with E-state index in [9.17, 15) is 14.7 Å². The lowest BCUT2D eigenvalue weighted by atomic mass is 10.2. The summed E-state index contributed by atoms with van der Waals surface area (Å²) in [4.78, 5) is 24.7. The van der Waals surface area contributed by atoms with E-state index in [0.717, 1.165) is 16.7 Å². The number of hydrogen-bond donors (Lipinski definition) is 1. The van der Waals surface area contributed by atoms with Crippen LogP contribution in [0.25, 0.3) is 6.08 Å². The zero-order chi connectivity index (χ0) is 14.9. The number of carbonyl (C=O) groups excluding carboxylic acids is 2. The summed E-state index contributed by atoms with van der Waals surface area (Å²) in [5.74, 6) is 0.00934. The summed E-state index contributed by atoms with van der Waals surface area (Å²) >= 11 is 4.19. The minimum absolute atomic E-state index is 0.0134. The van der Waals surface area contributed by atoms with Gasteiger partial charge >= 0.3 is 0 Å². The number of nitrogens with zero attached hydrogens (tertiary/aromatic N) is 1. The van der Waals surface area contributed by atoms with Crippen LogP contribution < -0.4 is 4.74 Å². The summed E-state index contributed by atoms with van der Waals surface area (Å²) in [6.07, 6.45) is 1.60. The second-order valence-electron chi connectivity index (χ2n) is 4.02. The topological polar surface area (TPSA) is 66.8 Å². The molecule has 7 heteroatoms. The minimum atomic E-state index is -0.335. The highest BCUT2D eigenvalue weighted by atomic mass is 79.9. The number of hydrogen-bond acceptors (Lipinski definition) is 5. The summed E-state index contributed by atoms with van der Waals surface area (Å²) in [5.41, 5.74) is 0.658. The highest BCUT2D eigenvalue weighted by Crippen LogP contribution is 2.37. The van der Waals surface area contributed by atoms with E-state index < -0.39 is 0 Å². The molecule has 5 nitrogen and oxygen atoms in total. The molecule has 0 bridgehead atoms. The second-order valence-corrected chi connectivity index (χ2v) is 5.86. The molecule has 2 rings (SSSR count). The van der Waals surface area contributed by atoms with Gasteiger partial charge in [-0.1, -0.05) is 15.9 Å². The number of imide groups is 1. The fourth-order valence-electron chi connectivity index (χ4n) is 1.63. The number of phenols is 1. The number of thioether (sulfide) groups is 1. The Labute approximate surface area is 128 Å². The molecule has 1 N–H and O–H groups in total. The van der Waals surface area contributed by atoms with E-state index in [1.165, 1.54) is 13.1 Å². The minimum Gasteiger partial charge on any atom is -0.504 e. The molecule has 1 fully saturated rings. The van der Waals surface area contributed by atoms with Crippen molar-refractivity contribution in [2.24, 2.45) is 0 Å². The van der Waals surface area contributed by atoms with Crippen LogP contribution in [0.2, 0.25) is 0 Å². The highest BCUT2D eigenvalue weighted by molar-refractivity contribution is 9.10. The smallest absolute Gasteiger partial charge is 0.293 e. The molecule has 0 atom stereocenters. The molecule has 1 aliphatic heterocycles.